The van der Waals surface area contributed by atoms with Crippen LogP contribution in [-0.2, 0) is 17.7 Å². The van der Waals surface area contributed by atoms with Crippen molar-refractivity contribution in [3.05, 3.63) is 35.0 Å². The Balaban J connectivity index is 1.61. The molecule has 2 unspecified atom stereocenters. The summed E-state index contributed by atoms with van der Waals surface area (Å²) in [6, 6.07) is 4.06. The van der Waals surface area contributed by atoms with Crippen LogP contribution in [-0.4, -0.2) is 41.5 Å². The average molecular weight is 319 g/mol. The Morgan fingerprint density at radius 3 is 2.61 bits per heavy atom. The highest BCUT2D eigenvalue weighted by Gasteiger charge is 2.34. The van der Waals surface area contributed by atoms with E-state index in [0.717, 1.165) is 49.0 Å². The summed E-state index contributed by atoms with van der Waals surface area (Å²) >= 11 is 0. The molecule has 0 amide bonds. The van der Waals surface area contributed by atoms with Crippen molar-refractivity contribution in [2.24, 2.45) is 5.92 Å². The van der Waals surface area contributed by atoms with E-state index in [2.05, 4.69) is 35.1 Å². The molecule has 6 heteroatoms. The minimum Gasteiger partial charge on any atom is -0.380 e. The Hall–Kier alpha value is -1.66. The van der Waals surface area contributed by atoms with Crippen molar-refractivity contribution >= 4 is 0 Å². The van der Waals surface area contributed by atoms with Gasteiger partial charge in [0.05, 0.1) is 24.0 Å². The van der Waals surface area contributed by atoms with E-state index >= 15 is 0 Å². The lowest BCUT2D eigenvalue weighted by molar-refractivity contribution is 0.0757. The van der Waals surface area contributed by atoms with Crippen LogP contribution in [0.1, 0.15) is 42.7 Å². The highest BCUT2D eigenvalue weighted by Crippen LogP contribution is 2.26. The molecule has 2 atom stereocenters. The molecule has 126 valence electrons. The van der Waals surface area contributed by atoms with Gasteiger partial charge in [-0.1, -0.05) is 24.2 Å². The van der Waals surface area contributed by atoms with Crippen molar-refractivity contribution in [1.29, 1.82) is 0 Å². The summed E-state index contributed by atoms with van der Waals surface area (Å²) in [5.41, 5.74) is 1.93. The van der Waals surface area contributed by atoms with Crippen molar-refractivity contribution < 1.29 is 13.8 Å². The predicted octanol–water partition coefficient (Wildman–Crippen LogP) is 2.78. The summed E-state index contributed by atoms with van der Waals surface area (Å²) in [7, 11) is 1.78. The molecule has 6 nitrogen and oxygen atoms in total. The second-order valence-corrected chi connectivity index (χ2v) is 6.74. The van der Waals surface area contributed by atoms with Gasteiger partial charge in [-0.3, -0.25) is 4.90 Å². The fourth-order valence-electron chi connectivity index (χ4n) is 3.19. The minimum absolute atomic E-state index is 0.202. The van der Waals surface area contributed by atoms with Gasteiger partial charge in [-0.15, -0.1) is 0 Å². The third kappa shape index (κ3) is 3.82. The normalized spacial score (nSPS) is 22.3. The smallest absolute Gasteiger partial charge is 0.150 e. The molecular formula is C17H25N3O3. The van der Waals surface area contributed by atoms with Crippen molar-refractivity contribution in [2.75, 3.05) is 20.2 Å². The molecule has 3 heterocycles. The Labute approximate surface area is 136 Å². The van der Waals surface area contributed by atoms with Crippen LogP contribution in [0.5, 0.6) is 0 Å². The maximum absolute atomic E-state index is 5.66. The van der Waals surface area contributed by atoms with Crippen molar-refractivity contribution in [3.8, 4) is 0 Å². The van der Waals surface area contributed by atoms with Crippen LogP contribution < -0.4 is 0 Å². The summed E-state index contributed by atoms with van der Waals surface area (Å²) in [6.07, 6.45) is 1.05. The van der Waals surface area contributed by atoms with Crippen LogP contribution in [0.25, 0.3) is 0 Å². The first-order valence-corrected chi connectivity index (χ1v) is 8.18. The standard InChI is InChI=1S/C17H25N3O3/c1-11(2)16-7-15(23-19-16)9-20-8-13(17(10-20)21-4)6-14-5-12(3)18-22-14/h5,7,11,13,17H,6,8-10H2,1-4H3. The maximum Gasteiger partial charge on any atom is 0.150 e. The van der Waals surface area contributed by atoms with Gasteiger partial charge in [0.15, 0.2) is 5.76 Å². The third-order valence-corrected chi connectivity index (χ3v) is 4.45. The van der Waals surface area contributed by atoms with E-state index in [4.69, 9.17) is 13.8 Å². The van der Waals surface area contributed by atoms with Crippen LogP contribution in [0.15, 0.2) is 21.2 Å². The quantitative estimate of drug-likeness (QED) is 0.816. The van der Waals surface area contributed by atoms with E-state index in [0.29, 0.717) is 11.8 Å². The molecule has 0 aromatic carbocycles. The molecule has 1 aliphatic rings. The molecule has 1 saturated heterocycles. The topological polar surface area (TPSA) is 64.5 Å². The number of likely N-dealkylation sites (tertiary alicyclic amines) is 1. The zero-order chi connectivity index (χ0) is 16.4. The largest absolute Gasteiger partial charge is 0.380 e. The molecule has 0 N–H and O–H groups in total. The summed E-state index contributed by atoms with van der Waals surface area (Å²) in [6.45, 7) is 8.80. The molecule has 0 spiro atoms. The second kappa shape index (κ2) is 6.84. The van der Waals surface area contributed by atoms with E-state index in [-0.39, 0.29) is 6.10 Å². The SMILES string of the molecule is COC1CN(Cc2cc(C(C)C)no2)CC1Cc1cc(C)no1. The molecule has 0 saturated carbocycles. The van der Waals surface area contributed by atoms with Crippen molar-refractivity contribution in [3.63, 3.8) is 0 Å². The van der Waals surface area contributed by atoms with Crippen molar-refractivity contribution in [1.82, 2.24) is 15.2 Å². The number of hydrogen-bond acceptors (Lipinski definition) is 6. The Morgan fingerprint density at radius 2 is 2.00 bits per heavy atom. The molecule has 23 heavy (non-hydrogen) atoms. The van der Waals surface area contributed by atoms with E-state index in [1.54, 1.807) is 7.11 Å². The molecule has 1 aliphatic heterocycles. The Kier molecular flexibility index (Phi) is 4.82. The van der Waals surface area contributed by atoms with E-state index < -0.39 is 0 Å². The lowest BCUT2D eigenvalue weighted by Crippen LogP contribution is -2.23. The molecule has 3 rings (SSSR count). The van der Waals surface area contributed by atoms with E-state index in [9.17, 15) is 0 Å². The third-order valence-electron chi connectivity index (χ3n) is 4.45. The summed E-state index contributed by atoms with van der Waals surface area (Å²) in [4.78, 5) is 2.35. The van der Waals surface area contributed by atoms with Gasteiger partial charge in [-0.05, 0) is 12.8 Å². The van der Waals surface area contributed by atoms with Gasteiger partial charge in [0, 0.05) is 44.7 Å². The predicted molar refractivity (Wildman–Crippen MR) is 85.1 cm³/mol. The number of aryl methyl sites for hydroxylation is 1. The highest BCUT2D eigenvalue weighted by atomic mass is 16.5. The fourth-order valence-corrected chi connectivity index (χ4v) is 3.19. The maximum atomic E-state index is 5.66. The van der Waals surface area contributed by atoms with Gasteiger partial charge < -0.3 is 13.8 Å². The number of ether oxygens (including phenoxy) is 1. The van der Waals surface area contributed by atoms with Gasteiger partial charge in [0.2, 0.25) is 0 Å². The summed E-state index contributed by atoms with van der Waals surface area (Å²) < 4.78 is 16.5. The Bertz CT molecular complexity index is 635. The first kappa shape index (κ1) is 16.2. The molecule has 0 radical (unpaired) electrons. The molecule has 2 aromatic heterocycles. The number of hydrogen-bond donors (Lipinski definition) is 0. The summed E-state index contributed by atoms with van der Waals surface area (Å²) in [5.74, 6) is 2.64. The fraction of sp³-hybridized carbons (Fsp3) is 0.647. The van der Waals surface area contributed by atoms with Crippen LogP contribution in [0.4, 0.5) is 0 Å². The first-order chi connectivity index (χ1) is 11.0. The number of aromatic nitrogens is 2. The lowest BCUT2D eigenvalue weighted by atomic mass is 10.0. The van der Waals surface area contributed by atoms with Crippen LogP contribution in [0.3, 0.4) is 0 Å². The van der Waals surface area contributed by atoms with Crippen LogP contribution >= 0.6 is 0 Å². The monoisotopic (exact) mass is 319 g/mol. The zero-order valence-electron chi connectivity index (χ0n) is 14.3. The van der Waals surface area contributed by atoms with Gasteiger partial charge >= 0.3 is 0 Å². The number of methoxy groups -OCH3 is 1. The van der Waals surface area contributed by atoms with Gasteiger partial charge in [0.1, 0.15) is 5.76 Å². The first-order valence-electron chi connectivity index (χ1n) is 8.18. The van der Waals surface area contributed by atoms with Gasteiger partial charge in [-0.2, -0.15) is 0 Å². The molecule has 0 bridgehead atoms. The second-order valence-electron chi connectivity index (χ2n) is 6.74. The van der Waals surface area contributed by atoms with E-state index in [1.807, 2.05) is 13.0 Å². The molecular weight excluding hydrogens is 294 g/mol. The van der Waals surface area contributed by atoms with Crippen LogP contribution in [0, 0.1) is 12.8 Å². The zero-order valence-corrected chi connectivity index (χ0v) is 14.3. The molecule has 0 aliphatic carbocycles. The highest BCUT2D eigenvalue weighted by molar-refractivity contribution is 5.10. The summed E-state index contributed by atoms with van der Waals surface area (Å²) in [5, 5.41) is 8.09. The minimum atomic E-state index is 0.202. The molecule has 1 fully saturated rings. The van der Waals surface area contributed by atoms with Gasteiger partial charge in [0.25, 0.3) is 0 Å². The number of nitrogens with zero attached hydrogens (tertiary/aromatic N) is 3. The number of rotatable bonds is 6. The average Bonchev–Trinajstić information content (AvgIpc) is 3.21. The van der Waals surface area contributed by atoms with Gasteiger partial charge in [-0.25, -0.2) is 0 Å². The van der Waals surface area contributed by atoms with Crippen molar-refractivity contribution in [2.45, 2.75) is 45.8 Å². The van der Waals surface area contributed by atoms with Crippen LogP contribution in [0.2, 0.25) is 0 Å². The Morgan fingerprint density at radius 1 is 1.22 bits per heavy atom. The van der Waals surface area contributed by atoms with E-state index in [1.165, 1.54) is 0 Å². The lowest BCUT2D eigenvalue weighted by Gasteiger charge is -2.14. The molecule has 2 aromatic rings.